The van der Waals surface area contributed by atoms with Gasteiger partial charge < -0.3 is 10.7 Å². The van der Waals surface area contributed by atoms with E-state index in [2.05, 4.69) is 29.2 Å². The Balaban J connectivity index is 1.94. The summed E-state index contributed by atoms with van der Waals surface area (Å²) in [5.41, 5.74) is 8.55. The highest BCUT2D eigenvalue weighted by molar-refractivity contribution is 5.82. The Hall–Kier alpha value is -1.55. The first-order chi connectivity index (χ1) is 8.31. The molecule has 0 aromatic heterocycles. The van der Waals surface area contributed by atoms with Crippen LogP contribution < -0.4 is 16.2 Å². The zero-order chi connectivity index (χ0) is 12.1. The molecule has 1 aliphatic heterocycles. The minimum atomic E-state index is -0.131. The maximum atomic E-state index is 11.6. The predicted molar refractivity (Wildman–Crippen MR) is 68.6 cm³/mol. The summed E-state index contributed by atoms with van der Waals surface area (Å²) in [4.78, 5) is 11.6. The Bertz CT molecular complexity index is 392. The molecule has 1 aromatic carbocycles. The van der Waals surface area contributed by atoms with Crippen LogP contribution >= 0.6 is 0 Å². The standard InChI is InChI=1S/C13H19N3O/c1-2-10-6-3-4-7-11(10)15-16-12-8-5-9-14-13(12)17/h3-4,6-7,12,15-16H,2,5,8-9H2,1H3,(H,14,17)/t12-/m1/s1. The van der Waals surface area contributed by atoms with Gasteiger partial charge in [0.1, 0.15) is 6.04 Å². The average Bonchev–Trinajstić information content (AvgIpc) is 2.38. The SMILES string of the molecule is CCc1ccccc1NN[C@@H]1CCCNC1=O. The van der Waals surface area contributed by atoms with Crippen LogP contribution in [0.15, 0.2) is 24.3 Å². The van der Waals surface area contributed by atoms with Crippen LogP contribution in [0.4, 0.5) is 5.69 Å². The van der Waals surface area contributed by atoms with Gasteiger partial charge in [0.2, 0.25) is 5.91 Å². The van der Waals surface area contributed by atoms with Gasteiger partial charge in [-0.2, -0.15) is 0 Å². The van der Waals surface area contributed by atoms with Gasteiger partial charge in [0.25, 0.3) is 0 Å². The molecule has 0 bridgehead atoms. The molecular formula is C13H19N3O. The topological polar surface area (TPSA) is 53.2 Å². The summed E-state index contributed by atoms with van der Waals surface area (Å²) >= 11 is 0. The van der Waals surface area contributed by atoms with Gasteiger partial charge in [0.15, 0.2) is 0 Å². The van der Waals surface area contributed by atoms with Crippen molar-refractivity contribution in [2.75, 3.05) is 12.0 Å². The predicted octanol–water partition coefficient (Wildman–Crippen LogP) is 1.44. The van der Waals surface area contributed by atoms with Gasteiger partial charge in [-0.05, 0) is 30.9 Å². The minimum Gasteiger partial charge on any atom is -0.355 e. The van der Waals surface area contributed by atoms with E-state index in [1.165, 1.54) is 5.56 Å². The number of hydrogen-bond donors (Lipinski definition) is 3. The number of nitrogens with one attached hydrogen (secondary N) is 3. The highest BCUT2D eigenvalue weighted by Gasteiger charge is 2.21. The number of carbonyl (C=O) groups excluding carboxylic acids is 1. The molecule has 1 aliphatic rings. The lowest BCUT2D eigenvalue weighted by Crippen LogP contribution is -2.50. The first kappa shape index (κ1) is 11.9. The summed E-state index contributed by atoms with van der Waals surface area (Å²) in [6.45, 7) is 2.91. The molecule has 3 N–H and O–H groups in total. The van der Waals surface area contributed by atoms with Crippen molar-refractivity contribution < 1.29 is 4.79 Å². The van der Waals surface area contributed by atoms with E-state index in [0.717, 1.165) is 31.5 Å². The van der Waals surface area contributed by atoms with Gasteiger partial charge in [-0.15, -0.1) is 0 Å². The normalized spacial score (nSPS) is 19.8. The molecule has 17 heavy (non-hydrogen) atoms. The summed E-state index contributed by atoms with van der Waals surface area (Å²) < 4.78 is 0. The molecule has 4 nitrogen and oxygen atoms in total. The van der Waals surface area contributed by atoms with E-state index in [0.29, 0.717) is 0 Å². The highest BCUT2D eigenvalue weighted by Crippen LogP contribution is 2.14. The summed E-state index contributed by atoms with van der Waals surface area (Å²) in [6.07, 6.45) is 2.88. The Labute approximate surface area is 102 Å². The van der Waals surface area contributed by atoms with Gasteiger partial charge in [-0.25, -0.2) is 5.43 Å². The van der Waals surface area contributed by atoms with Gasteiger partial charge >= 0.3 is 0 Å². The van der Waals surface area contributed by atoms with E-state index >= 15 is 0 Å². The molecule has 0 unspecified atom stereocenters. The van der Waals surface area contributed by atoms with E-state index in [1.54, 1.807) is 0 Å². The van der Waals surface area contributed by atoms with Crippen LogP contribution in [0, 0.1) is 0 Å². The molecule has 1 amide bonds. The fraction of sp³-hybridized carbons (Fsp3) is 0.462. The molecule has 2 rings (SSSR count). The van der Waals surface area contributed by atoms with Crippen molar-refractivity contribution in [3.05, 3.63) is 29.8 Å². The molecule has 1 atom stereocenters. The number of anilines is 1. The number of hydrogen-bond acceptors (Lipinski definition) is 3. The zero-order valence-corrected chi connectivity index (χ0v) is 10.1. The third-order valence-corrected chi connectivity index (χ3v) is 3.06. The first-order valence-electron chi connectivity index (χ1n) is 6.18. The van der Waals surface area contributed by atoms with Gasteiger partial charge in [-0.3, -0.25) is 4.79 Å². The number of piperidine rings is 1. The second-order valence-corrected chi connectivity index (χ2v) is 4.27. The Morgan fingerprint density at radius 1 is 1.41 bits per heavy atom. The molecule has 1 heterocycles. The van der Waals surface area contributed by atoms with Crippen molar-refractivity contribution in [2.24, 2.45) is 0 Å². The van der Waals surface area contributed by atoms with Crippen LogP contribution in [0.3, 0.4) is 0 Å². The smallest absolute Gasteiger partial charge is 0.238 e. The summed E-state index contributed by atoms with van der Waals surface area (Å²) in [7, 11) is 0. The van der Waals surface area contributed by atoms with E-state index in [1.807, 2.05) is 18.2 Å². The third kappa shape index (κ3) is 2.97. The molecule has 1 saturated heterocycles. The van der Waals surface area contributed by atoms with Crippen LogP contribution in [-0.2, 0) is 11.2 Å². The average molecular weight is 233 g/mol. The van der Waals surface area contributed by atoms with Crippen molar-refractivity contribution in [3.63, 3.8) is 0 Å². The van der Waals surface area contributed by atoms with Crippen molar-refractivity contribution >= 4 is 11.6 Å². The Morgan fingerprint density at radius 2 is 2.24 bits per heavy atom. The molecule has 92 valence electrons. The number of aryl methyl sites for hydroxylation is 1. The quantitative estimate of drug-likeness (QED) is 0.690. The van der Waals surface area contributed by atoms with E-state index < -0.39 is 0 Å². The second-order valence-electron chi connectivity index (χ2n) is 4.27. The molecular weight excluding hydrogens is 214 g/mol. The largest absolute Gasteiger partial charge is 0.355 e. The molecule has 0 aliphatic carbocycles. The number of benzene rings is 1. The molecule has 4 heteroatoms. The Kier molecular flexibility index (Phi) is 3.98. The summed E-state index contributed by atoms with van der Waals surface area (Å²) in [5.74, 6) is 0.0812. The lowest BCUT2D eigenvalue weighted by molar-refractivity contribution is -0.124. The van der Waals surface area contributed by atoms with E-state index in [4.69, 9.17) is 0 Å². The summed E-state index contributed by atoms with van der Waals surface area (Å²) in [6, 6.07) is 7.99. The second kappa shape index (κ2) is 5.68. The van der Waals surface area contributed by atoms with Gasteiger partial charge in [-0.1, -0.05) is 25.1 Å². The van der Waals surface area contributed by atoms with Crippen LogP contribution in [0.5, 0.6) is 0 Å². The van der Waals surface area contributed by atoms with Crippen LogP contribution in [0.2, 0.25) is 0 Å². The van der Waals surface area contributed by atoms with E-state index in [-0.39, 0.29) is 11.9 Å². The molecule has 0 radical (unpaired) electrons. The van der Waals surface area contributed by atoms with Crippen LogP contribution in [-0.4, -0.2) is 18.5 Å². The maximum absolute atomic E-state index is 11.6. The monoisotopic (exact) mass is 233 g/mol. The van der Waals surface area contributed by atoms with Gasteiger partial charge in [0.05, 0.1) is 5.69 Å². The van der Waals surface area contributed by atoms with Crippen molar-refractivity contribution in [1.82, 2.24) is 10.7 Å². The fourth-order valence-corrected chi connectivity index (χ4v) is 2.03. The highest BCUT2D eigenvalue weighted by atomic mass is 16.2. The number of amides is 1. The minimum absolute atomic E-state index is 0.0812. The number of rotatable bonds is 4. The van der Waals surface area contributed by atoms with Crippen molar-refractivity contribution in [1.29, 1.82) is 0 Å². The fourth-order valence-electron chi connectivity index (χ4n) is 2.03. The molecule has 1 aromatic rings. The lowest BCUT2D eigenvalue weighted by Gasteiger charge is -2.24. The molecule has 0 spiro atoms. The van der Waals surface area contributed by atoms with Crippen LogP contribution in [0.25, 0.3) is 0 Å². The number of hydrazine groups is 1. The number of para-hydroxylation sites is 1. The third-order valence-electron chi connectivity index (χ3n) is 3.06. The number of carbonyl (C=O) groups is 1. The molecule has 0 saturated carbocycles. The van der Waals surface area contributed by atoms with Crippen molar-refractivity contribution in [3.8, 4) is 0 Å². The Morgan fingerprint density at radius 3 is 3.00 bits per heavy atom. The van der Waals surface area contributed by atoms with Crippen LogP contribution in [0.1, 0.15) is 25.3 Å². The lowest BCUT2D eigenvalue weighted by atomic mass is 10.1. The molecule has 1 fully saturated rings. The van der Waals surface area contributed by atoms with E-state index in [9.17, 15) is 4.79 Å². The zero-order valence-electron chi connectivity index (χ0n) is 10.1. The maximum Gasteiger partial charge on any atom is 0.238 e. The first-order valence-corrected chi connectivity index (χ1v) is 6.18. The van der Waals surface area contributed by atoms with Crippen molar-refractivity contribution in [2.45, 2.75) is 32.2 Å². The summed E-state index contributed by atoms with van der Waals surface area (Å²) in [5, 5.41) is 2.86. The van der Waals surface area contributed by atoms with Gasteiger partial charge in [0, 0.05) is 6.54 Å².